The molecule has 0 aliphatic rings. The summed E-state index contributed by atoms with van der Waals surface area (Å²) in [6, 6.07) is 19.7. The second-order valence-electron chi connectivity index (χ2n) is 5.53. The van der Waals surface area contributed by atoms with Gasteiger partial charge in [0.1, 0.15) is 5.82 Å². The van der Waals surface area contributed by atoms with Gasteiger partial charge in [-0.1, -0.05) is 36.4 Å². The van der Waals surface area contributed by atoms with E-state index >= 15 is 0 Å². The normalized spacial score (nSPS) is 10.4. The second kappa shape index (κ2) is 8.41. The first-order chi connectivity index (χ1) is 12.3. The average molecular weight is 353 g/mol. The van der Waals surface area contributed by atoms with E-state index in [0.717, 1.165) is 35.8 Å². The van der Waals surface area contributed by atoms with Gasteiger partial charge in [0.15, 0.2) is 0 Å². The Morgan fingerprint density at radius 3 is 2.68 bits per heavy atom. The molecule has 3 N–H and O–H groups in total. The van der Waals surface area contributed by atoms with Crippen LogP contribution in [0, 0.1) is 0 Å². The predicted molar refractivity (Wildman–Crippen MR) is 100 cm³/mol. The van der Waals surface area contributed by atoms with E-state index in [9.17, 15) is 4.79 Å². The molecule has 2 aromatic heterocycles. The molecule has 0 saturated heterocycles. The van der Waals surface area contributed by atoms with Crippen LogP contribution in [0.25, 0.3) is 10.6 Å². The molecule has 0 aliphatic heterocycles. The standard InChI is InChI=1S/C19H19N3O2S/c23-19(22-24)17-12-11-16(25-17)15-9-4-10-18(21-15)20-13-5-8-14-6-2-1-3-7-14/h1-4,6-7,9-12,24H,5,8,13H2,(H,20,21)(H,22,23). The van der Waals surface area contributed by atoms with E-state index in [4.69, 9.17) is 5.21 Å². The summed E-state index contributed by atoms with van der Waals surface area (Å²) in [5, 5.41) is 12.0. The van der Waals surface area contributed by atoms with E-state index in [0.29, 0.717) is 4.88 Å². The molecule has 1 amide bonds. The Hall–Kier alpha value is -2.70. The van der Waals surface area contributed by atoms with Gasteiger partial charge in [-0.15, -0.1) is 11.3 Å². The summed E-state index contributed by atoms with van der Waals surface area (Å²) in [4.78, 5) is 17.4. The maximum absolute atomic E-state index is 11.4. The number of anilines is 1. The van der Waals surface area contributed by atoms with Crippen LogP contribution in [-0.2, 0) is 6.42 Å². The van der Waals surface area contributed by atoms with E-state index in [1.54, 1.807) is 11.5 Å². The average Bonchev–Trinajstić information content (AvgIpc) is 3.16. The number of pyridine rings is 1. The number of rotatable bonds is 7. The van der Waals surface area contributed by atoms with Crippen molar-refractivity contribution in [2.75, 3.05) is 11.9 Å². The van der Waals surface area contributed by atoms with Crippen molar-refractivity contribution in [3.05, 3.63) is 71.1 Å². The molecule has 1 aromatic carbocycles. The lowest BCUT2D eigenvalue weighted by molar-refractivity contribution is 0.0711. The molecule has 0 bridgehead atoms. The van der Waals surface area contributed by atoms with Crippen LogP contribution in [0.3, 0.4) is 0 Å². The largest absolute Gasteiger partial charge is 0.370 e. The predicted octanol–water partition coefficient (Wildman–Crippen LogP) is 3.97. The lowest BCUT2D eigenvalue weighted by Crippen LogP contribution is -2.16. The second-order valence-corrected chi connectivity index (χ2v) is 6.61. The number of carbonyl (C=O) groups excluding carboxylic acids is 1. The van der Waals surface area contributed by atoms with Crippen molar-refractivity contribution in [2.45, 2.75) is 12.8 Å². The van der Waals surface area contributed by atoms with Crippen molar-refractivity contribution in [2.24, 2.45) is 0 Å². The summed E-state index contributed by atoms with van der Waals surface area (Å²) in [6.07, 6.45) is 2.05. The summed E-state index contributed by atoms with van der Waals surface area (Å²) in [5.74, 6) is 0.304. The maximum Gasteiger partial charge on any atom is 0.284 e. The topological polar surface area (TPSA) is 74.2 Å². The van der Waals surface area contributed by atoms with Gasteiger partial charge < -0.3 is 5.32 Å². The monoisotopic (exact) mass is 353 g/mol. The van der Waals surface area contributed by atoms with E-state index < -0.39 is 5.91 Å². The van der Waals surface area contributed by atoms with Gasteiger partial charge in [0.2, 0.25) is 0 Å². The van der Waals surface area contributed by atoms with Crippen LogP contribution < -0.4 is 10.8 Å². The Labute approximate surface area is 150 Å². The van der Waals surface area contributed by atoms with Gasteiger partial charge in [0.25, 0.3) is 5.91 Å². The number of hydrogen-bond donors (Lipinski definition) is 3. The molecule has 0 fully saturated rings. The van der Waals surface area contributed by atoms with Gasteiger partial charge in [-0.25, -0.2) is 10.5 Å². The Morgan fingerprint density at radius 1 is 1.04 bits per heavy atom. The number of aryl methyl sites for hydroxylation is 1. The molecular weight excluding hydrogens is 334 g/mol. The summed E-state index contributed by atoms with van der Waals surface area (Å²) in [7, 11) is 0. The SMILES string of the molecule is O=C(NO)c1ccc(-c2cccc(NCCCc3ccccc3)n2)s1. The number of nitrogens with zero attached hydrogens (tertiary/aromatic N) is 1. The van der Waals surface area contributed by atoms with Crippen LogP contribution in [0.4, 0.5) is 5.82 Å². The summed E-state index contributed by atoms with van der Waals surface area (Å²) in [5.41, 5.74) is 3.78. The number of nitrogens with one attached hydrogen (secondary N) is 2. The molecule has 0 saturated carbocycles. The van der Waals surface area contributed by atoms with Crippen LogP contribution in [0.15, 0.2) is 60.7 Å². The molecule has 25 heavy (non-hydrogen) atoms. The maximum atomic E-state index is 11.4. The molecule has 0 spiro atoms. The molecule has 128 valence electrons. The Balaban J connectivity index is 1.58. The molecule has 0 radical (unpaired) electrons. The number of thiophene rings is 1. The van der Waals surface area contributed by atoms with Gasteiger partial charge in [-0.2, -0.15) is 0 Å². The number of hydrogen-bond acceptors (Lipinski definition) is 5. The lowest BCUT2D eigenvalue weighted by atomic mass is 10.1. The van der Waals surface area contributed by atoms with E-state index in [2.05, 4.69) is 34.6 Å². The molecule has 0 unspecified atom stereocenters. The minimum Gasteiger partial charge on any atom is -0.370 e. The van der Waals surface area contributed by atoms with Crippen LogP contribution >= 0.6 is 11.3 Å². The van der Waals surface area contributed by atoms with E-state index in [1.807, 2.05) is 30.3 Å². The Kier molecular flexibility index (Phi) is 5.77. The highest BCUT2D eigenvalue weighted by Gasteiger charge is 2.10. The molecule has 0 atom stereocenters. The molecule has 5 nitrogen and oxygen atoms in total. The minimum atomic E-state index is -0.508. The van der Waals surface area contributed by atoms with Gasteiger partial charge in [0, 0.05) is 6.54 Å². The lowest BCUT2D eigenvalue weighted by Gasteiger charge is -2.07. The fraction of sp³-hybridized carbons (Fsp3) is 0.158. The highest BCUT2D eigenvalue weighted by atomic mass is 32.1. The zero-order valence-corrected chi connectivity index (χ0v) is 14.4. The van der Waals surface area contributed by atoms with Crippen molar-refractivity contribution < 1.29 is 10.0 Å². The van der Waals surface area contributed by atoms with E-state index in [1.165, 1.54) is 16.9 Å². The Bertz CT molecular complexity index is 833. The van der Waals surface area contributed by atoms with Crippen LogP contribution in [-0.4, -0.2) is 22.6 Å². The number of hydroxylamine groups is 1. The van der Waals surface area contributed by atoms with Gasteiger partial charge >= 0.3 is 0 Å². The highest BCUT2D eigenvalue weighted by Crippen LogP contribution is 2.27. The zero-order valence-electron chi connectivity index (χ0n) is 13.6. The van der Waals surface area contributed by atoms with Gasteiger partial charge in [0.05, 0.1) is 15.4 Å². The molecule has 3 aromatic rings. The first kappa shape index (κ1) is 17.1. The third-order valence-corrected chi connectivity index (χ3v) is 4.83. The Morgan fingerprint density at radius 2 is 1.88 bits per heavy atom. The number of benzene rings is 1. The van der Waals surface area contributed by atoms with Crippen LogP contribution in [0.5, 0.6) is 0 Å². The van der Waals surface area contributed by atoms with Crippen molar-refractivity contribution in [1.82, 2.24) is 10.5 Å². The first-order valence-electron chi connectivity index (χ1n) is 8.06. The fourth-order valence-corrected chi connectivity index (χ4v) is 3.34. The summed E-state index contributed by atoms with van der Waals surface area (Å²) in [6.45, 7) is 0.841. The number of aromatic nitrogens is 1. The summed E-state index contributed by atoms with van der Waals surface area (Å²) < 4.78 is 0. The highest BCUT2D eigenvalue weighted by molar-refractivity contribution is 7.17. The molecule has 6 heteroatoms. The van der Waals surface area contributed by atoms with Crippen molar-refractivity contribution in [3.63, 3.8) is 0 Å². The quantitative estimate of drug-likeness (QED) is 0.341. The van der Waals surface area contributed by atoms with Gasteiger partial charge in [-0.3, -0.25) is 10.0 Å². The van der Waals surface area contributed by atoms with Crippen molar-refractivity contribution in [3.8, 4) is 10.6 Å². The third-order valence-electron chi connectivity index (χ3n) is 3.72. The minimum absolute atomic E-state index is 0.445. The van der Waals surface area contributed by atoms with Crippen LogP contribution in [0.2, 0.25) is 0 Å². The zero-order chi connectivity index (χ0) is 17.5. The fourth-order valence-electron chi connectivity index (χ4n) is 2.48. The smallest absolute Gasteiger partial charge is 0.284 e. The molecule has 2 heterocycles. The molecule has 3 rings (SSSR count). The number of amides is 1. The first-order valence-corrected chi connectivity index (χ1v) is 8.87. The third kappa shape index (κ3) is 4.65. The molecular formula is C19H19N3O2S. The van der Waals surface area contributed by atoms with Gasteiger partial charge in [-0.05, 0) is 42.7 Å². The van der Waals surface area contributed by atoms with Crippen molar-refractivity contribution in [1.29, 1.82) is 0 Å². The summed E-state index contributed by atoms with van der Waals surface area (Å²) >= 11 is 1.29. The van der Waals surface area contributed by atoms with E-state index in [-0.39, 0.29) is 0 Å². The van der Waals surface area contributed by atoms with Crippen LogP contribution in [0.1, 0.15) is 21.7 Å². The van der Waals surface area contributed by atoms with Crippen molar-refractivity contribution >= 4 is 23.1 Å². The molecule has 0 aliphatic carbocycles. The number of carbonyl (C=O) groups is 1.